The van der Waals surface area contributed by atoms with E-state index in [1.807, 2.05) is 19.1 Å². The van der Waals surface area contributed by atoms with Crippen molar-refractivity contribution in [1.29, 1.82) is 0 Å². The summed E-state index contributed by atoms with van der Waals surface area (Å²) in [6, 6.07) is 5.14. The van der Waals surface area contributed by atoms with E-state index in [0.29, 0.717) is 5.69 Å². The number of hydrogen-bond acceptors (Lipinski definition) is 3. The lowest BCUT2D eigenvalue weighted by Crippen LogP contribution is -2.40. The van der Waals surface area contributed by atoms with Crippen LogP contribution >= 0.6 is 0 Å². The van der Waals surface area contributed by atoms with E-state index in [4.69, 9.17) is 5.73 Å². The quantitative estimate of drug-likeness (QED) is 0.613. The van der Waals surface area contributed by atoms with Crippen LogP contribution < -0.4 is 11.1 Å². The normalized spacial score (nSPS) is 18.1. The molecule has 0 bridgehead atoms. The van der Waals surface area contributed by atoms with Crippen molar-refractivity contribution in [2.75, 3.05) is 5.73 Å². The van der Waals surface area contributed by atoms with Gasteiger partial charge in [-0.3, -0.25) is 9.69 Å². The first-order chi connectivity index (χ1) is 8.33. The van der Waals surface area contributed by atoms with Crippen molar-refractivity contribution in [3.8, 4) is 0 Å². The van der Waals surface area contributed by atoms with Gasteiger partial charge >= 0.3 is 6.03 Å². The van der Waals surface area contributed by atoms with Gasteiger partial charge in [0.25, 0.3) is 5.91 Å². The smallest absolute Gasteiger partial charge is 0.325 e. The number of urea groups is 1. The average Bonchev–Trinajstić information content (AvgIpc) is 2.47. The van der Waals surface area contributed by atoms with Crippen LogP contribution in [0.1, 0.15) is 25.0 Å². The summed E-state index contributed by atoms with van der Waals surface area (Å²) in [7, 11) is 0. The number of hydrogen-bond donors (Lipinski definition) is 2. The first kappa shape index (κ1) is 12.4. The molecule has 0 spiro atoms. The third-order valence-corrected chi connectivity index (χ3v) is 3.26. The predicted molar refractivity (Wildman–Crippen MR) is 68.8 cm³/mol. The molecule has 0 aromatic heterocycles. The lowest BCUT2D eigenvalue weighted by atomic mass is 10.0. The van der Waals surface area contributed by atoms with E-state index in [1.165, 1.54) is 4.90 Å². The molecule has 5 heteroatoms. The van der Waals surface area contributed by atoms with E-state index in [-0.39, 0.29) is 18.5 Å². The fraction of sp³-hybridized carbons (Fsp3) is 0.385. The summed E-state index contributed by atoms with van der Waals surface area (Å²) >= 11 is 0. The van der Waals surface area contributed by atoms with Gasteiger partial charge in [-0.1, -0.05) is 12.1 Å². The standard InChI is InChI=1S/C13H17N3O2/c1-8-9(5-4-6-10(8)14)7-16-11(17)13(2,3)15-12(16)18/h4-6H,7,14H2,1-3H3,(H,15,18). The Morgan fingerprint density at radius 3 is 2.56 bits per heavy atom. The Bertz CT molecular complexity index is 523. The lowest BCUT2D eigenvalue weighted by molar-refractivity contribution is -0.130. The number of anilines is 1. The van der Waals surface area contributed by atoms with Gasteiger partial charge < -0.3 is 11.1 Å². The molecule has 0 saturated carbocycles. The SMILES string of the molecule is Cc1c(N)cccc1CN1C(=O)NC(C)(C)C1=O. The molecule has 0 aliphatic carbocycles. The Balaban J connectivity index is 2.27. The zero-order chi connectivity index (χ0) is 13.5. The van der Waals surface area contributed by atoms with Crippen LogP contribution in [0.15, 0.2) is 18.2 Å². The van der Waals surface area contributed by atoms with E-state index in [0.717, 1.165) is 11.1 Å². The molecule has 0 unspecified atom stereocenters. The van der Waals surface area contributed by atoms with Crippen LogP contribution in [0.5, 0.6) is 0 Å². The van der Waals surface area contributed by atoms with Gasteiger partial charge in [-0.15, -0.1) is 0 Å². The van der Waals surface area contributed by atoms with Crippen molar-refractivity contribution in [2.45, 2.75) is 32.9 Å². The van der Waals surface area contributed by atoms with Crippen molar-refractivity contribution in [1.82, 2.24) is 10.2 Å². The second-order valence-electron chi connectivity index (χ2n) is 5.08. The van der Waals surface area contributed by atoms with Crippen LogP contribution in [-0.2, 0) is 11.3 Å². The van der Waals surface area contributed by atoms with Crippen LogP contribution in [0.4, 0.5) is 10.5 Å². The predicted octanol–water partition coefficient (Wildman–Crippen LogP) is 1.41. The molecule has 3 amide bonds. The zero-order valence-electron chi connectivity index (χ0n) is 10.8. The highest BCUT2D eigenvalue weighted by atomic mass is 16.2. The van der Waals surface area contributed by atoms with Gasteiger partial charge in [-0.05, 0) is 38.0 Å². The van der Waals surface area contributed by atoms with Gasteiger partial charge in [0.15, 0.2) is 0 Å². The van der Waals surface area contributed by atoms with Crippen LogP contribution in [0.2, 0.25) is 0 Å². The number of carbonyl (C=O) groups excluding carboxylic acids is 2. The highest BCUT2D eigenvalue weighted by Gasteiger charge is 2.44. The summed E-state index contributed by atoms with van der Waals surface area (Å²) < 4.78 is 0. The van der Waals surface area contributed by atoms with E-state index < -0.39 is 5.54 Å². The Labute approximate surface area is 106 Å². The van der Waals surface area contributed by atoms with Crippen molar-refractivity contribution in [2.24, 2.45) is 0 Å². The third kappa shape index (κ3) is 1.92. The highest BCUT2D eigenvalue weighted by molar-refractivity contribution is 6.06. The molecule has 1 fully saturated rings. The highest BCUT2D eigenvalue weighted by Crippen LogP contribution is 2.22. The van der Waals surface area contributed by atoms with E-state index >= 15 is 0 Å². The molecule has 0 radical (unpaired) electrons. The minimum Gasteiger partial charge on any atom is -0.399 e. The summed E-state index contributed by atoms with van der Waals surface area (Å²) in [6.45, 7) is 5.53. The zero-order valence-corrected chi connectivity index (χ0v) is 10.8. The van der Waals surface area contributed by atoms with Gasteiger partial charge in [0, 0.05) is 5.69 Å². The molecule has 2 rings (SSSR count). The van der Waals surface area contributed by atoms with Gasteiger partial charge in [0.1, 0.15) is 5.54 Å². The molecule has 1 aromatic rings. The summed E-state index contributed by atoms with van der Waals surface area (Å²) in [5, 5.41) is 2.65. The second-order valence-corrected chi connectivity index (χ2v) is 5.08. The minimum atomic E-state index is -0.828. The van der Waals surface area contributed by atoms with Gasteiger partial charge in [-0.25, -0.2) is 4.79 Å². The molecular weight excluding hydrogens is 230 g/mol. The average molecular weight is 247 g/mol. The number of benzene rings is 1. The van der Waals surface area contributed by atoms with Gasteiger partial charge in [0.2, 0.25) is 0 Å². The Morgan fingerprint density at radius 2 is 2.00 bits per heavy atom. The maximum atomic E-state index is 12.0. The first-order valence-electron chi connectivity index (χ1n) is 5.81. The van der Waals surface area contributed by atoms with Gasteiger partial charge in [0.05, 0.1) is 6.54 Å². The number of nitrogens with zero attached hydrogens (tertiary/aromatic N) is 1. The fourth-order valence-electron chi connectivity index (χ4n) is 2.01. The van der Waals surface area contributed by atoms with E-state index in [2.05, 4.69) is 5.32 Å². The number of nitrogens with two attached hydrogens (primary N) is 1. The third-order valence-electron chi connectivity index (χ3n) is 3.26. The van der Waals surface area contributed by atoms with E-state index in [1.54, 1.807) is 19.9 Å². The van der Waals surface area contributed by atoms with Crippen molar-refractivity contribution >= 4 is 17.6 Å². The maximum Gasteiger partial charge on any atom is 0.325 e. The molecule has 18 heavy (non-hydrogen) atoms. The minimum absolute atomic E-state index is 0.214. The molecule has 3 N–H and O–H groups in total. The number of nitrogen functional groups attached to an aromatic ring is 1. The number of imide groups is 1. The van der Waals surface area contributed by atoms with Crippen LogP contribution in [-0.4, -0.2) is 22.4 Å². The summed E-state index contributed by atoms with van der Waals surface area (Å²) in [4.78, 5) is 25.0. The fourth-order valence-corrected chi connectivity index (χ4v) is 2.01. The Kier molecular flexibility index (Phi) is 2.77. The molecule has 1 aliphatic heterocycles. The van der Waals surface area contributed by atoms with E-state index in [9.17, 15) is 9.59 Å². The largest absolute Gasteiger partial charge is 0.399 e. The van der Waals surface area contributed by atoms with Crippen molar-refractivity contribution in [3.05, 3.63) is 29.3 Å². The lowest BCUT2D eigenvalue weighted by Gasteiger charge is -2.17. The van der Waals surface area contributed by atoms with Crippen LogP contribution in [0.25, 0.3) is 0 Å². The Morgan fingerprint density at radius 1 is 1.33 bits per heavy atom. The van der Waals surface area contributed by atoms with Gasteiger partial charge in [-0.2, -0.15) is 0 Å². The topological polar surface area (TPSA) is 75.4 Å². The Hall–Kier alpha value is -2.04. The molecular formula is C13H17N3O2. The second kappa shape index (κ2) is 4.01. The molecule has 1 heterocycles. The molecule has 1 saturated heterocycles. The summed E-state index contributed by atoms with van der Waals surface area (Å²) in [6.07, 6.45) is 0. The van der Waals surface area contributed by atoms with Crippen LogP contribution in [0.3, 0.4) is 0 Å². The summed E-state index contributed by atoms with van der Waals surface area (Å²) in [5.74, 6) is -0.214. The monoisotopic (exact) mass is 247 g/mol. The molecule has 5 nitrogen and oxygen atoms in total. The summed E-state index contributed by atoms with van der Waals surface area (Å²) in [5.41, 5.74) is 7.44. The maximum absolute atomic E-state index is 12.0. The van der Waals surface area contributed by atoms with Crippen molar-refractivity contribution in [3.63, 3.8) is 0 Å². The number of carbonyl (C=O) groups is 2. The molecule has 1 aromatic carbocycles. The number of rotatable bonds is 2. The number of nitrogens with one attached hydrogen (secondary N) is 1. The van der Waals surface area contributed by atoms with Crippen LogP contribution in [0, 0.1) is 6.92 Å². The first-order valence-corrected chi connectivity index (χ1v) is 5.81. The molecule has 0 atom stereocenters. The van der Waals surface area contributed by atoms with Crippen molar-refractivity contribution < 1.29 is 9.59 Å². The molecule has 96 valence electrons. The molecule has 1 aliphatic rings. The number of amides is 3.